The molecule has 0 spiro atoms. The van der Waals surface area contributed by atoms with Crippen molar-refractivity contribution in [1.82, 2.24) is 9.62 Å². The summed E-state index contributed by atoms with van der Waals surface area (Å²) in [5.74, 6) is 0. The first kappa shape index (κ1) is 18.1. The molecule has 0 aromatic heterocycles. The van der Waals surface area contributed by atoms with Gasteiger partial charge in [-0.15, -0.1) is 0 Å². The Morgan fingerprint density at radius 3 is 2.38 bits per heavy atom. The van der Waals surface area contributed by atoms with E-state index in [1.54, 1.807) is 19.2 Å². The Kier molecular flexibility index (Phi) is 5.96. The van der Waals surface area contributed by atoms with Gasteiger partial charge in [-0.1, -0.05) is 39.8 Å². The van der Waals surface area contributed by atoms with Crippen LogP contribution in [0.15, 0.2) is 29.2 Å². The Balaban J connectivity index is 3.12. The van der Waals surface area contributed by atoms with Crippen LogP contribution >= 0.6 is 0 Å². The highest BCUT2D eigenvalue weighted by Gasteiger charge is 2.25. The lowest BCUT2D eigenvalue weighted by Crippen LogP contribution is -2.34. The fourth-order valence-electron chi connectivity index (χ4n) is 2.43. The second-order valence-electron chi connectivity index (χ2n) is 6.64. The molecule has 0 saturated heterocycles. The molecule has 0 fully saturated rings. The molecule has 1 unspecified atom stereocenters. The quantitative estimate of drug-likeness (QED) is 0.878. The maximum Gasteiger partial charge on any atom is 0.242 e. The maximum absolute atomic E-state index is 12.7. The molecule has 5 heteroatoms. The minimum absolute atomic E-state index is 0.0731. The van der Waals surface area contributed by atoms with Gasteiger partial charge in [-0.3, -0.25) is 0 Å². The third-order valence-electron chi connectivity index (χ3n) is 3.42. The van der Waals surface area contributed by atoms with Crippen LogP contribution in [0.5, 0.6) is 0 Å². The number of nitrogens with zero attached hydrogens (tertiary/aromatic N) is 1. The van der Waals surface area contributed by atoms with Crippen molar-refractivity contribution in [2.45, 2.75) is 45.1 Å². The zero-order valence-electron chi connectivity index (χ0n) is 14.0. The topological polar surface area (TPSA) is 49.4 Å². The Labute approximate surface area is 129 Å². The molecule has 0 heterocycles. The second-order valence-corrected chi connectivity index (χ2v) is 8.69. The first-order valence-corrected chi connectivity index (χ1v) is 8.79. The van der Waals surface area contributed by atoms with Gasteiger partial charge in [0.2, 0.25) is 10.0 Å². The van der Waals surface area contributed by atoms with Gasteiger partial charge in [0, 0.05) is 19.6 Å². The summed E-state index contributed by atoms with van der Waals surface area (Å²) in [6.45, 7) is 8.66. The van der Waals surface area contributed by atoms with E-state index >= 15 is 0 Å². The van der Waals surface area contributed by atoms with Crippen molar-refractivity contribution in [2.24, 2.45) is 5.41 Å². The summed E-state index contributed by atoms with van der Waals surface area (Å²) >= 11 is 0. The SMILES string of the molecule is CCC(NC)c1cccc(S(=O)(=O)N(C)CC(C)(C)C)c1. The first-order chi connectivity index (χ1) is 9.61. The van der Waals surface area contributed by atoms with Crippen LogP contribution in [0.1, 0.15) is 45.7 Å². The van der Waals surface area contributed by atoms with Crippen molar-refractivity contribution >= 4 is 10.0 Å². The van der Waals surface area contributed by atoms with Crippen molar-refractivity contribution in [3.8, 4) is 0 Å². The summed E-state index contributed by atoms with van der Waals surface area (Å²) in [5, 5.41) is 3.21. The molecule has 0 aliphatic carbocycles. The molecule has 4 nitrogen and oxygen atoms in total. The van der Waals surface area contributed by atoms with Gasteiger partial charge in [-0.25, -0.2) is 12.7 Å². The zero-order valence-corrected chi connectivity index (χ0v) is 14.8. The molecular formula is C16H28N2O2S. The molecule has 0 amide bonds. The van der Waals surface area contributed by atoms with Crippen LogP contribution in [0.3, 0.4) is 0 Å². The number of hydrogen-bond donors (Lipinski definition) is 1. The fraction of sp³-hybridized carbons (Fsp3) is 0.625. The highest BCUT2D eigenvalue weighted by atomic mass is 32.2. The zero-order chi connectivity index (χ0) is 16.3. The standard InChI is InChI=1S/C16H28N2O2S/c1-7-15(17-5)13-9-8-10-14(11-13)21(19,20)18(6)12-16(2,3)4/h8-11,15,17H,7,12H2,1-6H3. The van der Waals surface area contributed by atoms with Gasteiger partial charge >= 0.3 is 0 Å². The molecule has 1 rings (SSSR count). The average Bonchev–Trinajstić information content (AvgIpc) is 2.38. The van der Waals surface area contributed by atoms with Crippen molar-refractivity contribution in [2.75, 3.05) is 20.6 Å². The molecule has 0 saturated carbocycles. The van der Waals surface area contributed by atoms with Crippen LogP contribution < -0.4 is 5.32 Å². The van der Waals surface area contributed by atoms with E-state index in [1.807, 2.05) is 40.0 Å². The number of hydrogen-bond acceptors (Lipinski definition) is 3. The lowest BCUT2D eigenvalue weighted by molar-refractivity contribution is 0.311. The summed E-state index contributed by atoms with van der Waals surface area (Å²) in [6.07, 6.45) is 0.915. The molecule has 1 aromatic carbocycles. The van der Waals surface area contributed by atoms with Crippen molar-refractivity contribution in [1.29, 1.82) is 0 Å². The highest BCUT2D eigenvalue weighted by Crippen LogP contribution is 2.24. The average molecular weight is 312 g/mol. The van der Waals surface area contributed by atoms with E-state index in [4.69, 9.17) is 0 Å². The van der Waals surface area contributed by atoms with Gasteiger partial charge in [0.05, 0.1) is 4.90 Å². The summed E-state index contributed by atoms with van der Waals surface area (Å²) in [7, 11) is 0.0924. The molecule has 0 bridgehead atoms. The maximum atomic E-state index is 12.7. The van der Waals surface area contributed by atoms with Gasteiger partial charge in [0.1, 0.15) is 0 Å². The summed E-state index contributed by atoms with van der Waals surface area (Å²) in [6, 6.07) is 7.40. The highest BCUT2D eigenvalue weighted by molar-refractivity contribution is 7.89. The van der Waals surface area contributed by atoms with Crippen LogP contribution in [0.2, 0.25) is 0 Å². The van der Waals surface area contributed by atoms with E-state index in [1.165, 1.54) is 4.31 Å². The van der Waals surface area contributed by atoms with Crippen LogP contribution in [-0.4, -0.2) is 33.4 Å². The normalized spacial score (nSPS) is 14.4. The van der Waals surface area contributed by atoms with Crippen LogP contribution in [0, 0.1) is 5.41 Å². The molecular weight excluding hydrogens is 284 g/mol. The Bertz CT molecular complexity index is 558. The van der Waals surface area contributed by atoms with E-state index in [-0.39, 0.29) is 11.5 Å². The van der Waals surface area contributed by atoms with Gasteiger partial charge in [-0.2, -0.15) is 0 Å². The first-order valence-electron chi connectivity index (χ1n) is 7.35. The Hall–Kier alpha value is -0.910. The second kappa shape index (κ2) is 6.90. The molecule has 0 aliphatic heterocycles. The number of rotatable bonds is 6. The molecule has 0 aliphatic rings. The molecule has 0 radical (unpaired) electrons. The summed E-state index contributed by atoms with van der Waals surface area (Å²) in [5.41, 5.74) is 0.932. The van der Waals surface area contributed by atoms with Gasteiger partial charge < -0.3 is 5.32 Å². The summed E-state index contributed by atoms with van der Waals surface area (Å²) in [4.78, 5) is 0.362. The van der Waals surface area contributed by atoms with Gasteiger partial charge in [-0.05, 0) is 36.6 Å². The van der Waals surface area contributed by atoms with Gasteiger partial charge in [0.25, 0.3) is 0 Å². The van der Waals surface area contributed by atoms with Crippen molar-refractivity contribution in [3.05, 3.63) is 29.8 Å². The minimum atomic E-state index is -3.44. The van der Waals surface area contributed by atoms with Crippen molar-refractivity contribution in [3.63, 3.8) is 0 Å². The van der Waals surface area contributed by atoms with E-state index in [0.717, 1.165) is 12.0 Å². The monoisotopic (exact) mass is 312 g/mol. The van der Waals surface area contributed by atoms with E-state index in [2.05, 4.69) is 12.2 Å². The van der Waals surface area contributed by atoms with Crippen LogP contribution in [0.4, 0.5) is 0 Å². The lowest BCUT2D eigenvalue weighted by Gasteiger charge is -2.26. The fourth-order valence-corrected chi connectivity index (χ4v) is 3.88. The number of sulfonamides is 1. The Morgan fingerprint density at radius 2 is 1.90 bits per heavy atom. The van der Waals surface area contributed by atoms with E-state index < -0.39 is 10.0 Å². The lowest BCUT2D eigenvalue weighted by atomic mass is 9.97. The van der Waals surface area contributed by atoms with Crippen LogP contribution in [0.25, 0.3) is 0 Å². The summed E-state index contributed by atoms with van der Waals surface area (Å²) < 4.78 is 26.8. The number of nitrogens with one attached hydrogen (secondary N) is 1. The van der Waals surface area contributed by atoms with Crippen molar-refractivity contribution < 1.29 is 8.42 Å². The molecule has 1 atom stereocenters. The predicted octanol–water partition coefficient (Wildman–Crippen LogP) is 3.02. The largest absolute Gasteiger partial charge is 0.313 e. The third kappa shape index (κ3) is 4.80. The van der Waals surface area contributed by atoms with Gasteiger partial charge in [0.15, 0.2) is 0 Å². The smallest absolute Gasteiger partial charge is 0.242 e. The van der Waals surface area contributed by atoms with E-state index in [0.29, 0.717) is 11.4 Å². The molecule has 120 valence electrons. The third-order valence-corrected chi connectivity index (χ3v) is 5.22. The molecule has 1 N–H and O–H groups in total. The van der Waals surface area contributed by atoms with Crippen LogP contribution in [-0.2, 0) is 10.0 Å². The minimum Gasteiger partial charge on any atom is -0.313 e. The molecule has 21 heavy (non-hydrogen) atoms. The van der Waals surface area contributed by atoms with E-state index in [9.17, 15) is 8.42 Å². The number of benzene rings is 1. The predicted molar refractivity (Wildman–Crippen MR) is 87.8 cm³/mol. The Morgan fingerprint density at radius 1 is 1.29 bits per heavy atom. The molecule has 1 aromatic rings.